The molecule has 1 fully saturated rings. The Bertz CT molecular complexity index is 156. The number of rotatable bonds is 1. The molecule has 0 nitrogen and oxygen atoms in total. The van der Waals surface area contributed by atoms with E-state index in [-0.39, 0.29) is 41.1 Å². The van der Waals surface area contributed by atoms with Crippen molar-refractivity contribution in [2.24, 2.45) is 5.92 Å². The molecule has 0 spiro atoms. The molecule has 0 saturated heterocycles. The summed E-state index contributed by atoms with van der Waals surface area (Å²) in [7, 11) is 0. The smallest absolute Gasteiger partial charge is 0.358 e. The van der Waals surface area contributed by atoms with E-state index >= 15 is 0 Å². The normalized spacial score (nSPS) is 14.3. The summed E-state index contributed by atoms with van der Waals surface area (Å²) >= 11 is 0. The monoisotopic (exact) mass is 296 g/mol. The van der Waals surface area contributed by atoms with Gasteiger partial charge in [0.15, 0.2) is 0 Å². The maximum absolute atomic E-state index is 3.91. The fraction of sp³-hybridized carbons (Fsp3) is 0.467. The molecular formula is C15H26Zr. The summed E-state index contributed by atoms with van der Waals surface area (Å²) in [4.78, 5) is 0. The molecule has 1 aliphatic carbocycles. The van der Waals surface area contributed by atoms with Crippen LogP contribution in [0.25, 0.3) is 0 Å². The van der Waals surface area contributed by atoms with Crippen molar-refractivity contribution in [1.82, 2.24) is 0 Å². The average molecular weight is 298 g/mol. The zero-order valence-corrected chi connectivity index (χ0v) is 13.4. The molecule has 1 aromatic carbocycles. The molecular weight excluding hydrogens is 271 g/mol. The van der Waals surface area contributed by atoms with E-state index in [9.17, 15) is 0 Å². The van der Waals surface area contributed by atoms with Gasteiger partial charge in [-0.1, -0.05) is 38.0 Å². The van der Waals surface area contributed by atoms with Gasteiger partial charge in [0.1, 0.15) is 0 Å². The molecule has 1 aliphatic rings. The third-order valence-corrected chi connectivity index (χ3v) is 2.69. The Labute approximate surface area is 122 Å². The van der Waals surface area contributed by atoms with Gasteiger partial charge in [-0.2, -0.15) is 24.6 Å². The second kappa shape index (κ2) is 15.2. The van der Waals surface area contributed by atoms with E-state index in [2.05, 4.69) is 6.92 Å². The summed E-state index contributed by atoms with van der Waals surface area (Å²) in [5.41, 5.74) is 0. The van der Waals surface area contributed by atoms with Crippen LogP contribution in [0.15, 0.2) is 30.3 Å². The van der Waals surface area contributed by atoms with E-state index < -0.39 is 0 Å². The molecule has 0 aliphatic heterocycles. The van der Waals surface area contributed by atoms with Crippen molar-refractivity contribution in [3.05, 3.63) is 52.1 Å². The van der Waals surface area contributed by atoms with Crippen LogP contribution in [0, 0.1) is 27.7 Å². The standard InChI is InChI=1S/C8H15.C5H5.2CH3.Zr/c1-2-8-6-4-3-5-7-8;1-2-4-5-3-1;;;/h8H,1-7H2;1-5H;2*1H3;/q4*-1;+4. The molecule has 0 atom stereocenters. The van der Waals surface area contributed by atoms with Crippen LogP contribution in [-0.2, 0) is 26.2 Å². The Balaban J connectivity index is -0.000000189. The van der Waals surface area contributed by atoms with E-state index in [1.165, 1.54) is 38.5 Å². The minimum absolute atomic E-state index is 0. The van der Waals surface area contributed by atoms with Crippen LogP contribution in [0.2, 0.25) is 0 Å². The Kier molecular flexibility index (Phi) is 20.5. The second-order valence-corrected chi connectivity index (χ2v) is 3.75. The molecule has 0 heterocycles. The predicted octanol–water partition coefficient (Wildman–Crippen LogP) is 5.09. The van der Waals surface area contributed by atoms with Crippen molar-refractivity contribution in [3.63, 3.8) is 0 Å². The molecule has 0 amide bonds. The first-order chi connectivity index (χ1) is 6.43. The third-order valence-electron chi connectivity index (χ3n) is 2.69. The quantitative estimate of drug-likeness (QED) is 0.633. The van der Waals surface area contributed by atoms with Crippen LogP contribution in [0.5, 0.6) is 0 Å². The van der Waals surface area contributed by atoms with Gasteiger partial charge >= 0.3 is 26.2 Å². The van der Waals surface area contributed by atoms with Crippen molar-refractivity contribution in [3.8, 4) is 0 Å². The molecule has 1 heteroatoms. The van der Waals surface area contributed by atoms with Gasteiger partial charge in [-0.25, -0.2) is 12.1 Å². The fourth-order valence-corrected chi connectivity index (χ4v) is 1.80. The Morgan fingerprint density at radius 2 is 1.50 bits per heavy atom. The molecule has 0 bridgehead atoms. The van der Waals surface area contributed by atoms with E-state index in [1.54, 1.807) is 0 Å². The van der Waals surface area contributed by atoms with Gasteiger partial charge in [0.2, 0.25) is 0 Å². The summed E-state index contributed by atoms with van der Waals surface area (Å²) in [5, 5.41) is 0. The predicted molar refractivity (Wildman–Crippen MR) is 71.4 cm³/mol. The topological polar surface area (TPSA) is 0 Å². The Morgan fingerprint density at radius 1 is 1.00 bits per heavy atom. The van der Waals surface area contributed by atoms with Crippen molar-refractivity contribution < 1.29 is 26.2 Å². The molecule has 0 radical (unpaired) electrons. The van der Waals surface area contributed by atoms with Gasteiger partial charge in [-0.3, -0.25) is 0 Å². The molecule has 1 aromatic rings. The SMILES string of the molecule is [CH2-]CC1CCCCC1.[CH3-].[CH3-].[Zr+4].c1cc[cH-]c1. The first kappa shape index (κ1) is 21.5. The molecule has 0 N–H and O–H groups in total. The Hall–Kier alpha value is 0.233. The van der Waals surface area contributed by atoms with Crippen LogP contribution in [0.3, 0.4) is 0 Å². The third kappa shape index (κ3) is 10.7. The maximum Gasteiger partial charge on any atom is 4.00 e. The van der Waals surface area contributed by atoms with Crippen molar-refractivity contribution >= 4 is 0 Å². The average Bonchev–Trinajstić information content (AvgIpc) is 2.77. The first-order valence-electron chi connectivity index (χ1n) is 5.39. The van der Waals surface area contributed by atoms with Crippen LogP contribution >= 0.6 is 0 Å². The molecule has 0 aromatic heterocycles. The Morgan fingerprint density at radius 3 is 1.75 bits per heavy atom. The van der Waals surface area contributed by atoms with E-state index in [4.69, 9.17) is 0 Å². The molecule has 2 rings (SSSR count). The van der Waals surface area contributed by atoms with E-state index in [0.717, 1.165) is 5.92 Å². The van der Waals surface area contributed by atoms with Crippen molar-refractivity contribution in [2.45, 2.75) is 38.5 Å². The van der Waals surface area contributed by atoms with Gasteiger partial charge in [0.05, 0.1) is 0 Å². The summed E-state index contributed by atoms with van der Waals surface area (Å²) in [6.07, 6.45) is 8.45. The van der Waals surface area contributed by atoms with Gasteiger partial charge in [0, 0.05) is 0 Å². The van der Waals surface area contributed by atoms with Crippen LogP contribution in [0.1, 0.15) is 38.5 Å². The summed E-state index contributed by atoms with van der Waals surface area (Å²) in [6, 6.07) is 10.0. The minimum atomic E-state index is 0. The van der Waals surface area contributed by atoms with E-state index in [1.807, 2.05) is 30.3 Å². The molecule has 90 valence electrons. The van der Waals surface area contributed by atoms with Crippen molar-refractivity contribution in [2.75, 3.05) is 0 Å². The number of hydrogen-bond acceptors (Lipinski definition) is 0. The number of hydrogen-bond donors (Lipinski definition) is 0. The van der Waals surface area contributed by atoms with Gasteiger partial charge < -0.3 is 21.8 Å². The van der Waals surface area contributed by atoms with Gasteiger partial charge in [-0.15, -0.1) is 0 Å². The molecule has 0 unspecified atom stereocenters. The van der Waals surface area contributed by atoms with Crippen molar-refractivity contribution in [1.29, 1.82) is 0 Å². The van der Waals surface area contributed by atoms with Gasteiger partial charge in [0.25, 0.3) is 0 Å². The fourth-order valence-electron chi connectivity index (χ4n) is 1.80. The zero-order chi connectivity index (χ0) is 9.36. The van der Waals surface area contributed by atoms with Gasteiger partial charge in [-0.05, 0) is 0 Å². The second-order valence-electron chi connectivity index (χ2n) is 3.75. The molecule has 1 saturated carbocycles. The minimum Gasteiger partial charge on any atom is -0.358 e. The zero-order valence-electron chi connectivity index (χ0n) is 10.9. The summed E-state index contributed by atoms with van der Waals surface area (Å²) in [6.45, 7) is 3.91. The largest absolute Gasteiger partial charge is 4.00 e. The summed E-state index contributed by atoms with van der Waals surface area (Å²) < 4.78 is 0. The van der Waals surface area contributed by atoms with E-state index in [0.29, 0.717) is 0 Å². The first-order valence-corrected chi connectivity index (χ1v) is 5.39. The maximum atomic E-state index is 3.91. The van der Waals surface area contributed by atoms with Crippen LogP contribution in [0.4, 0.5) is 0 Å². The summed E-state index contributed by atoms with van der Waals surface area (Å²) in [5.74, 6) is 0.976. The molecule has 16 heavy (non-hydrogen) atoms. The van der Waals surface area contributed by atoms with Crippen LogP contribution < -0.4 is 0 Å². The van der Waals surface area contributed by atoms with Crippen LogP contribution in [-0.4, -0.2) is 0 Å².